The average molecular weight is 202 g/mol. The van der Waals surface area contributed by atoms with E-state index >= 15 is 0 Å². The van der Waals surface area contributed by atoms with Crippen molar-refractivity contribution in [3.8, 4) is 0 Å². The van der Waals surface area contributed by atoms with Crippen molar-refractivity contribution in [3.63, 3.8) is 0 Å². The molecule has 3 nitrogen and oxygen atoms in total. The summed E-state index contributed by atoms with van der Waals surface area (Å²) >= 11 is 0. The van der Waals surface area contributed by atoms with Crippen LogP contribution in [0.25, 0.3) is 4.85 Å². The molecular weight excluding hydrogens is 188 g/mol. The third-order valence-electron chi connectivity index (χ3n) is 2.03. The van der Waals surface area contributed by atoms with E-state index in [9.17, 15) is 4.79 Å². The number of hydrogen-bond donors (Lipinski definition) is 1. The van der Waals surface area contributed by atoms with Gasteiger partial charge in [0.05, 0.1) is 0 Å². The summed E-state index contributed by atoms with van der Waals surface area (Å²) in [7, 11) is 0. The highest BCUT2D eigenvalue weighted by molar-refractivity contribution is 5.79. The Morgan fingerprint density at radius 2 is 2.07 bits per heavy atom. The van der Waals surface area contributed by atoms with Gasteiger partial charge in [-0.3, -0.25) is 4.79 Å². The van der Waals surface area contributed by atoms with Crippen LogP contribution in [-0.2, 0) is 11.2 Å². The highest BCUT2D eigenvalue weighted by Crippen LogP contribution is 2.01. The minimum absolute atomic E-state index is 0.0641. The molecule has 0 aromatic heterocycles. The first-order chi connectivity index (χ1) is 7.33. The van der Waals surface area contributed by atoms with Gasteiger partial charge in [0.1, 0.15) is 0 Å². The summed E-state index contributed by atoms with van der Waals surface area (Å²) in [6, 6.07) is 10.1. The molecule has 0 unspecified atom stereocenters. The molecule has 1 aromatic rings. The normalized spacial score (nSPS) is 9.27. The van der Waals surface area contributed by atoms with Crippen LogP contribution in [0.5, 0.6) is 0 Å². The number of hydrogen-bond acceptors (Lipinski definition) is 1. The number of rotatable bonds is 5. The number of nitrogens with one attached hydrogen (secondary N) is 1. The Balaban J connectivity index is 2.13. The molecule has 1 aromatic carbocycles. The van der Waals surface area contributed by atoms with Crippen molar-refractivity contribution in [3.05, 3.63) is 47.3 Å². The number of nitrogens with zero attached hydrogens (tertiary/aromatic N) is 1. The molecule has 0 radical (unpaired) electrons. The second-order valence-corrected chi connectivity index (χ2v) is 3.26. The molecule has 0 spiro atoms. The van der Waals surface area contributed by atoms with Crippen LogP contribution in [0.15, 0.2) is 30.3 Å². The highest BCUT2D eigenvalue weighted by Gasteiger charge is 2.01. The quantitative estimate of drug-likeness (QED) is 0.571. The van der Waals surface area contributed by atoms with Gasteiger partial charge in [0.2, 0.25) is 0 Å². The monoisotopic (exact) mass is 202 g/mol. The highest BCUT2D eigenvalue weighted by atomic mass is 16.1. The Labute approximate surface area is 89.9 Å². The smallest absolute Gasteiger partial charge is 0.300 e. The molecular formula is C12H14N2O. The van der Waals surface area contributed by atoms with E-state index < -0.39 is 0 Å². The van der Waals surface area contributed by atoms with Crippen molar-refractivity contribution in [2.45, 2.75) is 12.8 Å². The molecule has 0 saturated heterocycles. The Bertz CT molecular complexity index is 340. The van der Waals surface area contributed by atoms with Crippen molar-refractivity contribution >= 4 is 5.91 Å². The summed E-state index contributed by atoms with van der Waals surface area (Å²) in [5.41, 5.74) is 1.27. The molecule has 1 amide bonds. The van der Waals surface area contributed by atoms with E-state index in [4.69, 9.17) is 6.57 Å². The maximum absolute atomic E-state index is 10.9. The molecule has 0 saturated carbocycles. The first-order valence-corrected chi connectivity index (χ1v) is 4.97. The van der Waals surface area contributed by atoms with Crippen LogP contribution in [-0.4, -0.2) is 19.0 Å². The van der Waals surface area contributed by atoms with Crippen LogP contribution in [0.4, 0.5) is 0 Å². The third-order valence-corrected chi connectivity index (χ3v) is 2.03. The van der Waals surface area contributed by atoms with E-state index in [2.05, 4.69) is 22.3 Å². The maximum Gasteiger partial charge on any atom is 0.300 e. The molecule has 0 aliphatic carbocycles. The van der Waals surface area contributed by atoms with Gasteiger partial charge in [-0.25, -0.2) is 6.57 Å². The lowest BCUT2D eigenvalue weighted by atomic mass is 10.1. The van der Waals surface area contributed by atoms with Gasteiger partial charge in [-0.05, 0) is 18.4 Å². The zero-order valence-corrected chi connectivity index (χ0v) is 8.57. The standard InChI is InChI=1S/C12H14N2O/c1-13-10-12(15)14-9-5-8-11-6-3-2-4-7-11/h2-4,6-7H,5,8-10H2,(H,14,15). The summed E-state index contributed by atoms with van der Waals surface area (Å²) in [5.74, 6) is -0.182. The van der Waals surface area contributed by atoms with Crippen LogP contribution in [0.3, 0.4) is 0 Å². The fourth-order valence-electron chi connectivity index (χ4n) is 1.29. The predicted molar refractivity (Wildman–Crippen MR) is 59.2 cm³/mol. The van der Waals surface area contributed by atoms with Gasteiger partial charge in [-0.15, -0.1) is 0 Å². The summed E-state index contributed by atoms with van der Waals surface area (Å²) in [6.45, 7) is 7.09. The second-order valence-electron chi connectivity index (χ2n) is 3.26. The van der Waals surface area contributed by atoms with Crippen LogP contribution in [0.1, 0.15) is 12.0 Å². The SMILES string of the molecule is [C-]#[N+]CC(=O)NCCCc1ccccc1. The van der Waals surface area contributed by atoms with E-state index in [1.165, 1.54) is 5.56 Å². The lowest BCUT2D eigenvalue weighted by Gasteiger charge is -2.01. The first kappa shape index (κ1) is 11.3. The minimum atomic E-state index is -0.182. The average Bonchev–Trinajstić information content (AvgIpc) is 2.26. The molecule has 0 atom stereocenters. The lowest BCUT2D eigenvalue weighted by molar-refractivity contribution is -0.119. The Kier molecular flexibility index (Phi) is 4.96. The molecule has 1 rings (SSSR count). The van der Waals surface area contributed by atoms with E-state index in [0.29, 0.717) is 6.54 Å². The van der Waals surface area contributed by atoms with Crippen LogP contribution in [0.2, 0.25) is 0 Å². The number of aryl methyl sites for hydroxylation is 1. The molecule has 78 valence electrons. The van der Waals surface area contributed by atoms with Crippen molar-refractivity contribution in [1.29, 1.82) is 0 Å². The van der Waals surface area contributed by atoms with E-state index in [0.717, 1.165) is 12.8 Å². The van der Waals surface area contributed by atoms with Crippen molar-refractivity contribution in [2.24, 2.45) is 0 Å². The van der Waals surface area contributed by atoms with Crippen molar-refractivity contribution < 1.29 is 4.79 Å². The zero-order chi connectivity index (χ0) is 10.9. The molecule has 0 aliphatic rings. The fourth-order valence-corrected chi connectivity index (χ4v) is 1.29. The molecule has 3 heteroatoms. The van der Waals surface area contributed by atoms with Crippen LogP contribution >= 0.6 is 0 Å². The third kappa shape index (κ3) is 4.82. The summed E-state index contributed by atoms with van der Waals surface area (Å²) < 4.78 is 0. The summed E-state index contributed by atoms with van der Waals surface area (Å²) in [5, 5.41) is 2.70. The van der Waals surface area contributed by atoms with Crippen LogP contribution < -0.4 is 5.32 Å². The molecule has 0 fully saturated rings. The number of carbonyl (C=O) groups excluding carboxylic acids is 1. The van der Waals surface area contributed by atoms with Gasteiger partial charge in [0, 0.05) is 6.54 Å². The number of benzene rings is 1. The summed E-state index contributed by atoms with van der Waals surface area (Å²) in [4.78, 5) is 13.9. The van der Waals surface area contributed by atoms with E-state index in [1.54, 1.807) is 0 Å². The largest absolute Gasteiger partial charge is 0.350 e. The minimum Gasteiger partial charge on any atom is -0.350 e. The Morgan fingerprint density at radius 1 is 1.33 bits per heavy atom. The van der Waals surface area contributed by atoms with Crippen molar-refractivity contribution in [2.75, 3.05) is 13.1 Å². The van der Waals surface area contributed by atoms with Gasteiger partial charge in [-0.2, -0.15) is 0 Å². The van der Waals surface area contributed by atoms with Gasteiger partial charge in [-0.1, -0.05) is 30.3 Å². The molecule has 15 heavy (non-hydrogen) atoms. The van der Waals surface area contributed by atoms with E-state index in [-0.39, 0.29) is 12.5 Å². The first-order valence-electron chi connectivity index (χ1n) is 4.97. The van der Waals surface area contributed by atoms with E-state index in [1.807, 2.05) is 18.2 Å². The van der Waals surface area contributed by atoms with Gasteiger partial charge >= 0.3 is 0 Å². The zero-order valence-electron chi connectivity index (χ0n) is 8.57. The number of carbonyl (C=O) groups is 1. The Hall–Kier alpha value is -1.82. The topological polar surface area (TPSA) is 33.5 Å². The van der Waals surface area contributed by atoms with Gasteiger partial charge in [0.15, 0.2) is 0 Å². The second kappa shape index (κ2) is 6.61. The Morgan fingerprint density at radius 3 is 2.73 bits per heavy atom. The lowest BCUT2D eigenvalue weighted by Crippen LogP contribution is -2.26. The van der Waals surface area contributed by atoms with Gasteiger partial charge in [0.25, 0.3) is 12.5 Å². The van der Waals surface area contributed by atoms with Crippen molar-refractivity contribution in [1.82, 2.24) is 5.32 Å². The predicted octanol–water partition coefficient (Wildman–Crippen LogP) is 1.65. The molecule has 1 N–H and O–H groups in total. The fraction of sp³-hybridized carbons (Fsp3) is 0.333. The van der Waals surface area contributed by atoms with Crippen LogP contribution in [0, 0.1) is 6.57 Å². The molecule has 0 heterocycles. The maximum atomic E-state index is 10.9. The molecule has 0 bridgehead atoms. The molecule has 0 aliphatic heterocycles. The summed E-state index contributed by atoms with van der Waals surface area (Å²) in [6.07, 6.45) is 1.87. The number of amides is 1. The van der Waals surface area contributed by atoms with Gasteiger partial charge < -0.3 is 10.2 Å².